The fourth-order valence-electron chi connectivity index (χ4n) is 2.91. The fraction of sp³-hybridized carbons (Fsp3) is 0.500. The van der Waals surface area contributed by atoms with E-state index < -0.39 is 0 Å². The van der Waals surface area contributed by atoms with Gasteiger partial charge in [-0.05, 0) is 0 Å². The van der Waals surface area contributed by atoms with Crippen LogP contribution in [0.1, 0.15) is 33.6 Å². The minimum absolute atomic E-state index is 0.0441. The van der Waals surface area contributed by atoms with Crippen LogP contribution in [0.3, 0.4) is 0 Å². The number of esters is 1. The molecule has 0 radical (unpaired) electrons. The number of halogens is 3. The molecule has 0 spiro atoms. The molecule has 25 heavy (non-hydrogen) atoms. The van der Waals surface area contributed by atoms with E-state index in [2.05, 4.69) is 70.5 Å². The van der Waals surface area contributed by atoms with Crippen molar-refractivity contribution in [3.8, 4) is 5.75 Å². The number of hydrogen-bond donors (Lipinski definition) is 0. The van der Waals surface area contributed by atoms with Crippen LogP contribution < -0.4 is 26.3 Å². The quantitative estimate of drug-likeness (QED) is 0.150. The molecule has 140 valence electrons. The van der Waals surface area contributed by atoms with Crippen molar-refractivity contribution >= 4 is 51.2 Å². The van der Waals surface area contributed by atoms with E-state index in [1.165, 1.54) is 0 Å². The number of piperidine rings is 1. The Morgan fingerprint density at radius 2 is 1.96 bits per heavy atom. The second-order valence-electron chi connectivity index (χ2n) is 6.44. The van der Waals surface area contributed by atoms with Crippen molar-refractivity contribution < 1.29 is 35.8 Å². The molecular formula is C18H22I3NO3-2. The third kappa shape index (κ3) is 5.93. The van der Waals surface area contributed by atoms with Gasteiger partial charge in [0.05, 0.1) is 0 Å². The Kier molecular flexibility index (Phi) is 8.27. The number of nitrogens with zero attached hydrogens (tertiary/aromatic N) is 1. The Labute approximate surface area is 187 Å². The first kappa shape index (κ1) is 21.7. The van der Waals surface area contributed by atoms with Crippen LogP contribution in [0, 0.1) is 10.7 Å². The molecule has 0 amide bonds. The van der Waals surface area contributed by atoms with Crippen molar-refractivity contribution in [1.29, 1.82) is 0 Å². The molecule has 2 atom stereocenters. The summed E-state index contributed by atoms with van der Waals surface area (Å²) in [5, 5.41) is 12.3. The molecule has 1 aromatic carbocycles. The van der Waals surface area contributed by atoms with Crippen LogP contribution in [0.2, 0.25) is 0 Å². The zero-order chi connectivity index (χ0) is 18.7. The second-order valence-corrected chi connectivity index (χ2v) is 11.5. The van der Waals surface area contributed by atoms with E-state index in [1.807, 2.05) is 12.1 Å². The number of alkyl halides is 1. The van der Waals surface area contributed by atoms with E-state index in [-0.39, 0.29) is 39.0 Å². The van der Waals surface area contributed by atoms with E-state index in [0.717, 1.165) is 28.1 Å². The van der Waals surface area contributed by atoms with Gasteiger partial charge in [0, 0.05) is 0 Å². The number of benzene rings is 1. The molecule has 0 N–H and O–H groups in total. The van der Waals surface area contributed by atoms with E-state index in [4.69, 9.17) is 4.74 Å². The average Bonchev–Trinajstić information content (AvgIpc) is 2.50. The Balaban J connectivity index is 1.98. The van der Waals surface area contributed by atoms with Crippen LogP contribution in [0.25, 0.3) is 0 Å². The van der Waals surface area contributed by atoms with Gasteiger partial charge < -0.3 is 0 Å². The molecule has 1 aliphatic rings. The van der Waals surface area contributed by atoms with E-state index in [1.54, 1.807) is 6.92 Å². The average molecular weight is 681 g/mol. The summed E-state index contributed by atoms with van der Waals surface area (Å²) < 4.78 is 9.43. The van der Waals surface area contributed by atoms with Crippen molar-refractivity contribution in [3.05, 3.63) is 35.0 Å². The number of ether oxygens (including phenoxy) is 1. The number of hydrogen-bond acceptors (Lipinski definition) is 4. The van der Waals surface area contributed by atoms with Crippen molar-refractivity contribution in [3.63, 3.8) is 0 Å². The van der Waals surface area contributed by atoms with E-state index in [0.29, 0.717) is 17.7 Å². The molecule has 0 aromatic heterocycles. The summed E-state index contributed by atoms with van der Waals surface area (Å²) in [7, 11) is 0. The van der Waals surface area contributed by atoms with E-state index in [9.17, 15) is 9.90 Å². The summed E-state index contributed by atoms with van der Waals surface area (Å²) in [6.07, 6.45) is 1.62. The zero-order valence-corrected chi connectivity index (χ0v) is 21.0. The van der Waals surface area contributed by atoms with Crippen molar-refractivity contribution in [2.75, 3.05) is 4.55 Å². The summed E-state index contributed by atoms with van der Waals surface area (Å²) in [5.74, 6) is -0.103. The van der Waals surface area contributed by atoms with Crippen molar-refractivity contribution in [2.45, 2.75) is 51.8 Å². The monoisotopic (exact) mass is 681 g/mol. The van der Waals surface area contributed by atoms with Crippen LogP contribution in [0.4, 0.5) is 0 Å². The van der Waals surface area contributed by atoms with E-state index >= 15 is 0 Å². The molecule has 2 unspecified atom stereocenters. The Hall–Kier alpha value is 0.380. The van der Waals surface area contributed by atoms with Gasteiger partial charge in [0.25, 0.3) is 0 Å². The van der Waals surface area contributed by atoms with Gasteiger partial charge in [-0.2, -0.15) is 0 Å². The predicted octanol–water partition coefficient (Wildman–Crippen LogP) is 0.546. The summed E-state index contributed by atoms with van der Waals surface area (Å²) in [5.41, 5.74) is 0.449. The number of likely N-dealkylation sites (tertiary alicyclic amines) is 1. The predicted molar refractivity (Wildman–Crippen MR) is 110 cm³/mol. The van der Waals surface area contributed by atoms with Gasteiger partial charge in [0.15, 0.2) is 0 Å². The van der Waals surface area contributed by atoms with Gasteiger partial charge >= 0.3 is 189 Å². The number of rotatable bonds is 5. The molecule has 1 aliphatic heterocycles. The van der Waals surface area contributed by atoms with Gasteiger partial charge in [-0.25, -0.2) is 0 Å². The van der Waals surface area contributed by atoms with Gasteiger partial charge in [-0.15, -0.1) is 0 Å². The molecule has 0 saturated carbocycles. The normalized spacial score (nSPS) is 24.3. The van der Waals surface area contributed by atoms with Gasteiger partial charge in [0.2, 0.25) is 0 Å². The molecule has 0 aliphatic carbocycles. The Bertz CT molecular complexity index is 653. The maximum atomic E-state index is 12.3. The summed E-state index contributed by atoms with van der Waals surface area (Å²) in [4.78, 5) is 14.2. The molecule has 7 heteroatoms. The van der Waals surface area contributed by atoms with Crippen LogP contribution in [-0.4, -0.2) is 33.6 Å². The molecule has 2 rings (SSSR count). The standard InChI is InChI=1S/C18H23I3NO3/c1-10(2)18(24)25-14-5-11(3)22(12(4)6-14)9-21-16-8-13(19)7-15(20)17(16)23/h7-8,11-12,14,23H,1,5-6,9H2,2-4H3/q-1/p-1. The summed E-state index contributed by atoms with van der Waals surface area (Å²) >= 11 is 4.03. The molecule has 1 saturated heterocycles. The van der Waals surface area contributed by atoms with Gasteiger partial charge in [0.1, 0.15) is 0 Å². The minimum atomic E-state index is -0.369. The summed E-state index contributed by atoms with van der Waals surface area (Å²) in [6, 6.07) is 4.64. The molecule has 0 bridgehead atoms. The first-order valence-corrected chi connectivity index (χ1v) is 12.8. The van der Waals surface area contributed by atoms with Crippen LogP contribution in [-0.2, 0) is 9.53 Å². The van der Waals surface area contributed by atoms with Gasteiger partial charge in [-0.1, -0.05) is 0 Å². The first-order valence-electron chi connectivity index (χ1n) is 8.06. The third-order valence-corrected chi connectivity index (χ3v) is 8.44. The van der Waals surface area contributed by atoms with Crippen LogP contribution in [0.15, 0.2) is 24.3 Å². The van der Waals surface area contributed by atoms with Crippen LogP contribution in [0.5, 0.6) is 5.75 Å². The molecule has 4 nitrogen and oxygen atoms in total. The topological polar surface area (TPSA) is 52.6 Å². The Morgan fingerprint density at radius 3 is 2.52 bits per heavy atom. The second kappa shape index (κ2) is 9.54. The number of carbonyl (C=O) groups is 1. The molecule has 1 aromatic rings. The molecular weight excluding hydrogens is 659 g/mol. The molecule has 1 heterocycles. The van der Waals surface area contributed by atoms with Crippen LogP contribution >= 0.6 is 45.2 Å². The first-order chi connectivity index (χ1) is 11.7. The Morgan fingerprint density at radius 1 is 1.36 bits per heavy atom. The van der Waals surface area contributed by atoms with Crippen molar-refractivity contribution in [2.24, 2.45) is 0 Å². The fourth-order valence-corrected chi connectivity index (χ4v) is 9.16. The van der Waals surface area contributed by atoms with Crippen molar-refractivity contribution in [1.82, 2.24) is 4.90 Å². The molecule has 1 fully saturated rings. The SMILES string of the molecule is C=C(C)C(=O)OC1CC(C)N(C[I-]c2cc(I)cc(I)c2[O-])C(C)C1. The third-order valence-electron chi connectivity index (χ3n) is 4.27. The zero-order valence-electron chi connectivity index (χ0n) is 14.5. The van der Waals surface area contributed by atoms with Gasteiger partial charge in [-0.3, -0.25) is 0 Å². The summed E-state index contributed by atoms with van der Waals surface area (Å²) in [6.45, 7) is 9.68. The maximum absolute atomic E-state index is 12.3. The number of carbonyl (C=O) groups excluding carboxylic acids is 1.